The molecule has 2 heterocycles. The monoisotopic (exact) mass is 259 g/mol. The van der Waals surface area contributed by atoms with E-state index in [-0.39, 0.29) is 11.9 Å². The molecule has 0 bridgehead atoms. The van der Waals surface area contributed by atoms with E-state index in [9.17, 15) is 13.2 Å². The summed E-state index contributed by atoms with van der Waals surface area (Å²) in [6.45, 7) is 4.91. The van der Waals surface area contributed by atoms with Gasteiger partial charge >= 0.3 is 0 Å². The fourth-order valence-electron chi connectivity index (χ4n) is 2.13. The lowest BCUT2D eigenvalue weighted by molar-refractivity contribution is 0.229. The second-order valence-electron chi connectivity index (χ2n) is 4.44. The van der Waals surface area contributed by atoms with Gasteiger partial charge in [-0.15, -0.1) is 0 Å². The van der Waals surface area contributed by atoms with Crippen molar-refractivity contribution in [2.75, 3.05) is 25.0 Å². The highest BCUT2D eigenvalue weighted by Gasteiger charge is 2.20. The first-order valence-electron chi connectivity index (χ1n) is 6.10. The fraction of sp³-hybridized carbons (Fsp3) is 0.583. The summed E-state index contributed by atoms with van der Waals surface area (Å²) in [5.41, 5.74) is 0. The highest BCUT2D eigenvalue weighted by molar-refractivity contribution is 5.37. The number of hydrogen-bond acceptors (Lipinski definition) is 3. The highest BCUT2D eigenvalue weighted by atomic mass is 19.2. The van der Waals surface area contributed by atoms with Gasteiger partial charge in [0.1, 0.15) is 0 Å². The van der Waals surface area contributed by atoms with Gasteiger partial charge in [-0.1, -0.05) is 6.92 Å². The lowest BCUT2D eigenvalue weighted by Gasteiger charge is -2.31. The van der Waals surface area contributed by atoms with E-state index in [4.69, 9.17) is 0 Å². The standard InChI is InChI=1S/C12H16F3N3/c1-2-18-5-3-8(4-6-18)16-12-10(14)7-9(13)11(15)17-12/h7-8H,2-6H2,1H3,(H,16,17). The Kier molecular flexibility index (Phi) is 4.06. The van der Waals surface area contributed by atoms with Crippen molar-refractivity contribution in [1.29, 1.82) is 0 Å². The van der Waals surface area contributed by atoms with E-state index in [2.05, 4.69) is 22.1 Å². The molecular weight excluding hydrogens is 243 g/mol. The van der Waals surface area contributed by atoms with Crippen LogP contribution in [0.3, 0.4) is 0 Å². The smallest absolute Gasteiger partial charge is 0.251 e. The van der Waals surface area contributed by atoms with Crippen LogP contribution < -0.4 is 5.32 Å². The Bertz CT molecular complexity index is 417. The number of nitrogens with one attached hydrogen (secondary N) is 1. The molecule has 100 valence electrons. The van der Waals surface area contributed by atoms with E-state index >= 15 is 0 Å². The Morgan fingerprint density at radius 3 is 2.56 bits per heavy atom. The maximum atomic E-state index is 13.4. The lowest BCUT2D eigenvalue weighted by Crippen LogP contribution is -2.39. The van der Waals surface area contributed by atoms with Crippen molar-refractivity contribution in [3.05, 3.63) is 23.6 Å². The third-order valence-corrected chi connectivity index (χ3v) is 3.26. The van der Waals surface area contributed by atoms with Crippen LogP contribution in [0.2, 0.25) is 0 Å². The van der Waals surface area contributed by atoms with E-state index < -0.39 is 17.6 Å². The van der Waals surface area contributed by atoms with E-state index in [1.807, 2.05) is 0 Å². The second-order valence-corrected chi connectivity index (χ2v) is 4.44. The summed E-state index contributed by atoms with van der Waals surface area (Å²) >= 11 is 0. The fourth-order valence-corrected chi connectivity index (χ4v) is 2.13. The maximum absolute atomic E-state index is 13.4. The minimum absolute atomic E-state index is 0.0552. The molecule has 0 unspecified atom stereocenters. The Morgan fingerprint density at radius 2 is 1.94 bits per heavy atom. The van der Waals surface area contributed by atoms with Gasteiger partial charge < -0.3 is 10.2 Å². The van der Waals surface area contributed by atoms with Crippen LogP contribution in [0.25, 0.3) is 0 Å². The molecule has 0 aromatic carbocycles. The molecule has 6 heteroatoms. The third kappa shape index (κ3) is 2.93. The van der Waals surface area contributed by atoms with Crippen molar-refractivity contribution in [3.63, 3.8) is 0 Å². The summed E-state index contributed by atoms with van der Waals surface area (Å²) in [6, 6.07) is 0.575. The molecule has 0 aliphatic carbocycles. The average molecular weight is 259 g/mol. The number of anilines is 1. The molecule has 2 rings (SSSR count). The number of halogens is 3. The van der Waals surface area contributed by atoms with Crippen molar-refractivity contribution in [1.82, 2.24) is 9.88 Å². The predicted octanol–water partition coefficient (Wildman–Crippen LogP) is 2.40. The summed E-state index contributed by atoms with van der Waals surface area (Å²) in [4.78, 5) is 5.55. The van der Waals surface area contributed by atoms with Gasteiger partial charge in [-0.25, -0.2) is 8.78 Å². The minimum atomic E-state index is -1.27. The molecule has 0 saturated carbocycles. The number of rotatable bonds is 3. The van der Waals surface area contributed by atoms with Gasteiger partial charge in [-0.2, -0.15) is 9.37 Å². The predicted molar refractivity (Wildman–Crippen MR) is 62.9 cm³/mol. The minimum Gasteiger partial charge on any atom is -0.365 e. The highest BCUT2D eigenvalue weighted by Crippen LogP contribution is 2.19. The van der Waals surface area contributed by atoms with Crippen LogP contribution in [0.15, 0.2) is 6.07 Å². The van der Waals surface area contributed by atoms with Crippen LogP contribution in [-0.4, -0.2) is 35.6 Å². The number of pyridine rings is 1. The zero-order chi connectivity index (χ0) is 13.1. The number of aromatic nitrogens is 1. The molecule has 1 aromatic rings. The van der Waals surface area contributed by atoms with Crippen LogP contribution in [0.5, 0.6) is 0 Å². The van der Waals surface area contributed by atoms with Gasteiger partial charge in [-0.05, 0) is 19.4 Å². The Hall–Kier alpha value is -1.30. The van der Waals surface area contributed by atoms with E-state index in [0.29, 0.717) is 6.07 Å². The molecule has 1 fully saturated rings. The number of nitrogens with zero attached hydrogens (tertiary/aromatic N) is 2. The second kappa shape index (κ2) is 5.56. The van der Waals surface area contributed by atoms with Crippen molar-refractivity contribution in [3.8, 4) is 0 Å². The van der Waals surface area contributed by atoms with Crippen LogP contribution in [0.4, 0.5) is 19.0 Å². The van der Waals surface area contributed by atoms with Crippen LogP contribution in [0.1, 0.15) is 19.8 Å². The first kappa shape index (κ1) is 13.1. The quantitative estimate of drug-likeness (QED) is 0.845. The topological polar surface area (TPSA) is 28.2 Å². The lowest BCUT2D eigenvalue weighted by atomic mass is 10.1. The molecule has 3 nitrogen and oxygen atoms in total. The molecule has 0 atom stereocenters. The molecule has 1 aliphatic rings. The normalized spacial score (nSPS) is 18.0. The first-order chi connectivity index (χ1) is 8.60. The van der Waals surface area contributed by atoms with Gasteiger partial charge in [0.2, 0.25) is 0 Å². The van der Waals surface area contributed by atoms with Gasteiger partial charge in [0.25, 0.3) is 5.95 Å². The van der Waals surface area contributed by atoms with Gasteiger partial charge in [0.05, 0.1) is 0 Å². The Morgan fingerprint density at radius 1 is 1.28 bits per heavy atom. The average Bonchev–Trinajstić information content (AvgIpc) is 2.37. The number of likely N-dealkylation sites (tertiary alicyclic amines) is 1. The molecule has 1 saturated heterocycles. The Balaban J connectivity index is 2.00. The van der Waals surface area contributed by atoms with Crippen LogP contribution >= 0.6 is 0 Å². The zero-order valence-corrected chi connectivity index (χ0v) is 10.2. The number of hydrogen-bond donors (Lipinski definition) is 1. The molecule has 1 N–H and O–H groups in total. The van der Waals surface area contributed by atoms with Gasteiger partial charge in [-0.3, -0.25) is 0 Å². The van der Waals surface area contributed by atoms with E-state index in [0.717, 1.165) is 32.5 Å². The van der Waals surface area contributed by atoms with E-state index in [1.165, 1.54) is 0 Å². The van der Waals surface area contributed by atoms with Crippen LogP contribution in [-0.2, 0) is 0 Å². The SMILES string of the molecule is CCN1CCC(Nc2nc(F)c(F)cc2F)CC1. The summed E-state index contributed by atoms with van der Waals surface area (Å²) in [5, 5.41) is 2.84. The molecule has 1 aliphatic heterocycles. The molecule has 0 radical (unpaired) electrons. The van der Waals surface area contributed by atoms with Gasteiger partial charge in [0, 0.05) is 25.2 Å². The first-order valence-corrected chi connectivity index (χ1v) is 6.10. The summed E-state index contributed by atoms with van der Waals surface area (Å²) in [7, 11) is 0. The largest absolute Gasteiger partial charge is 0.365 e. The van der Waals surface area contributed by atoms with Gasteiger partial charge in [0.15, 0.2) is 17.5 Å². The molecular formula is C12H16F3N3. The third-order valence-electron chi connectivity index (χ3n) is 3.26. The van der Waals surface area contributed by atoms with Crippen LogP contribution in [0, 0.1) is 17.6 Å². The molecule has 0 spiro atoms. The van der Waals surface area contributed by atoms with Crippen molar-refractivity contribution in [2.24, 2.45) is 0 Å². The Labute approximate surface area is 104 Å². The molecule has 1 aromatic heterocycles. The van der Waals surface area contributed by atoms with Crippen molar-refractivity contribution in [2.45, 2.75) is 25.8 Å². The zero-order valence-electron chi connectivity index (χ0n) is 10.2. The summed E-state index contributed by atoms with van der Waals surface area (Å²) in [6.07, 6.45) is 1.68. The van der Waals surface area contributed by atoms with Crippen molar-refractivity contribution < 1.29 is 13.2 Å². The summed E-state index contributed by atoms with van der Waals surface area (Å²) in [5.74, 6) is -3.60. The number of piperidine rings is 1. The maximum Gasteiger partial charge on any atom is 0.251 e. The van der Waals surface area contributed by atoms with Crippen molar-refractivity contribution >= 4 is 5.82 Å². The molecule has 0 amide bonds. The van der Waals surface area contributed by atoms with E-state index in [1.54, 1.807) is 0 Å². The summed E-state index contributed by atoms with van der Waals surface area (Å²) < 4.78 is 39.0. The molecule has 18 heavy (non-hydrogen) atoms.